The van der Waals surface area contributed by atoms with E-state index in [9.17, 15) is 0 Å². The van der Waals surface area contributed by atoms with E-state index in [1.807, 2.05) is 35.8 Å². The zero-order valence-corrected chi connectivity index (χ0v) is 11.5. The molecule has 0 saturated heterocycles. The fourth-order valence-electron chi connectivity index (χ4n) is 2.01. The lowest BCUT2D eigenvalue weighted by Gasteiger charge is -2.27. The molecule has 0 amide bonds. The number of nitrogens with one attached hydrogen (secondary N) is 1. The molecule has 4 nitrogen and oxygen atoms in total. The van der Waals surface area contributed by atoms with E-state index < -0.39 is 0 Å². The second-order valence-electron chi connectivity index (χ2n) is 4.50. The predicted molar refractivity (Wildman–Crippen MR) is 74.9 cm³/mol. The van der Waals surface area contributed by atoms with E-state index in [2.05, 4.69) is 17.2 Å². The number of nitrogens with zero attached hydrogens (tertiary/aromatic N) is 1. The third-order valence-corrected chi connectivity index (χ3v) is 4.00. The first-order valence-corrected chi connectivity index (χ1v) is 7.22. The largest absolute Gasteiger partial charge is 0.486 e. The molecule has 2 atom stereocenters. The smallest absolute Gasteiger partial charge is 0.161 e. The Morgan fingerprint density at radius 3 is 3.05 bits per heavy atom. The molecule has 1 N–H and O–H groups in total. The Hall–Kier alpha value is -1.59. The first-order valence-electron chi connectivity index (χ1n) is 6.34. The molecule has 2 heterocycles. The first kappa shape index (κ1) is 12.4. The lowest BCUT2D eigenvalue weighted by atomic mass is 10.2. The van der Waals surface area contributed by atoms with Gasteiger partial charge in [0.1, 0.15) is 17.7 Å². The normalized spacial score (nSPS) is 19.1. The maximum Gasteiger partial charge on any atom is 0.161 e. The number of thiazole rings is 1. The van der Waals surface area contributed by atoms with Gasteiger partial charge in [0.2, 0.25) is 0 Å². The van der Waals surface area contributed by atoms with Crippen LogP contribution < -0.4 is 14.8 Å². The summed E-state index contributed by atoms with van der Waals surface area (Å²) in [6, 6.07) is 8.01. The summed E-state index contributed by atoms with van der Waals surface area (Å²) in [4.78, 5) is 4.30. The fraction of sp³-hybridized carbons (Fsp3) is 0.357. The van der Waals surface area contributed by atoms with E-state index in [0.717, 1.165) is 23.1 Å². The average molecular weight is 276 g/mol. The number of hydrogen-bond donors (Lipinski definition) is 1. The molecule has 100 valence electrons. The minimum absolute atomic E-state index is 0.0392. The van der Waals surface area contributed by atoms with Gasteiger partial charge in [-0.25, -0.2) is 4.98 Å². The SMILES string of the molecule is CC(NCC1COc2ccccc2O1)c1nccs1. The van der Waals surface area contributed by atoms with Crippen molar-refractivity contribution in [1.82, 2.24) is 10.3 Å². The van der Waals surface area contributed by atoms with E-state index in [1.165, 1.54) is 0 Å². The minimum atomic E-state index is 0.0392. The zero-order chi connectivity index (χ0) is 13.1. The highest BCUT2D eigenvalue weighted by Gasteiger charge is 2.21. The predicted octanol–water partition coefficient (Wildman–Crippen LogP) is 2.63. The molecule has 0 radical (unpaired) electrons. The van der Waals surface area contributed by atoms with Crippen molar-refractivity contribution in [3.8, 4) is 11.5 Å². The highest BCUT2D eigenvalue weighted by atomic mass is 32.1. The van der Waals surface area contributed by atoms with Crippen LogP contribution in [0.15, 0.2) is 35.8 Å². The number of fused-ring (bicyclic) bond motifs is 1. The van der Waals surface area contributed by atoms with Crippen molar-refractivity contribution in [2.45, 2.75) is 19.1 Å². The maximum atomic E-state index is 5.90. The first-order chi connectivity index (χ1) is 9.33. The quantitative estimate of drug-likeness (QED) is 0.932. The molecule has 0 fully saturated rings. The van der Waals surface area contributed by atoms with Gasteiger partial charge >= 0.3 is 0 Å². The summed E-state index contributed by atoms with van der Waals surface area (Å²) in [5.74, 6) is 1.65. The second kappa shape index (κ2) is 5.59. The molecule has 19 heavy (non-hydrogen) atoms. The molecule has 0 saturated carbocycles. The fourth-order valence-corrected chi connectivity index (χ4v) is 2.68. The van der Waals surface area contributed by atoms with Crippen molar-refractivity contribution in [3.63, 3.8) is 0 Å². The van der Waals surface area contributed by atoms with Gasteiger partial charge in [0.15, 0.2) is 11.5 Å². The van der Waals surface area contributed by atoms with Crippen molar-refractivity contribution >= 4 is 11.3 Å². The Bertz CT molecular complexity index is 530. The highest BCUT2D eigenvalue weighted by Crippen LogP contribution is 2.30. The standard InChI is InChI=1S/C14H16N2O2S/c1-10(14-15-6-7-19-14)16-8-11-9-17-12-4-2-3-5-13(12)18-11/h2-7,10-11,16H,8-9H2,1H3. The van der Waals surface area contributed by atoms with Crippen LogP contribution in [0.2, 0.25) is 0 Å². The number of benzene rings is 1. The van der Waals surface area contributed by atoms with E-state index in [-0.39, 0.29) is 12.1 Å². The summed E-state index contributed by atoms with van der Waals surface area (Å²) in [5, 5.41) is 6.51. The molecule has 0 bridgehead atoms. The molecule has 2 unspecified atom stereocenters. The lowest BCUT2D eigenvalue weighted by Crippen LogP contribution is -2.39. The molecule has 1 aromatic carbocycles. The van der Waals surface area contributed by atoms with Gasteiger partial charge in [0, 0.05) is 18.1 Å². The summed E-state index contributed by atoms with van der Waals surface area (Å²) in [6.45, 7) is 3.43. The average Bonchev–Trinajstić information content (AvgIpc) is 2.99. The van der Waals surface area contributed by atoms with Gasteiger partial charge < -0.3 is 14.8 Å². The Labute approximate surface area is 116 Å². The van der Waals surface area contributed by atoms with E-state index in [1.54, 1.807) is 11.3 Å². The van der Waals surface area contributed by atoms with Crippen LogP contribution in [-0.2, 0) is 0 Å². The number of ether oxygens (including phenoxy) is 2. The Morgan fingerprint density at radius 1 is 1.42 bits per heavy atom. The third-order valence-electron chi connectivity index (χ3n) is 3.04. The summed E-state index contributed by atoms with van der Waals surface area (Å²) in [6.07, 6.45) is 1.87. The van der Waals surface area contributed by atoms with E-state index in [4.69, 9.17) is 9.47 Å². The number of hydrogen-bond acceptors (Lipinski definition) is 5. The van der Waals surface area contributed by atoms with Crippen molar-refractivity contribution in [2.75, 3.05) is 13.2 Å². The van der Waals surface area contributed by atoms with Gasteiger partial charge in [-0.05, 0) is 19.1 Å². The summed E-state index contributed by atoms with van der Waals surface area (Å²) in [5.41, 5.74) is 0. The topological polar surface area (TPSA) is 43.4 Å². The van der Waals surface area contributed by atoms with Gasteiger partial charge in [-0.3, -0.25) is 0 Å². The van der Waals surface area contributed by atoms with Crippen molar-refractivity contribution < 1.29 is 9.47 Å². The minimum Gasteiger partial charge on any atom is -0.486 e. The zero-order valence-electron chi connectivity index (χ0n) is 10.7. The Balaban J connectivity index is 1.55. The van der Waals surface area contributed by atoms with Crippen LogP contribution in [0.1, 0.15) is 18.0 Å². The number of rotatable bonds is 4. The monoisotopic (exact) mass is 276 g/mol. The van der Waals surface area contributed by atoms with E-state index in [0.29, 0.717) is 6.61 Å². The van der Waals surface area contributed by atoms with Gasteiger partial charge in [-0.1, -0.05) is 12.1 Å². The van der Waals surface area contributed by atoms with E-state index >= 15 is 0 Å². The third kappa shape index (κ3) is 2.88. The van der Waals surface area contributed by atoms with Crippen LogP contribution in [0.4, 0.5) is 0 Å². The van der Waals surface area contributed by atoms with Crippen LogP contribution in [0.5, 0.6) is 11.5 Å². The molecule has 1 aliphatic rings. The Morgan fingerprint density at radius 2 is 2.26 bits per heavy atom. The van der Waals surface area contributed by atoms with Crippen LogP contribution >= 0.6 is 11.3 Å². The summed E-state index contributed by atoms with van der Waals surface area (Å²) >= 11 is 1.66. The van der Waals surface area contributed by atoms with Gasteiger partial charge in [0.25, 0.3) is 0 Å². The molecule has 0 spiro atoms. The maximum absolute atomic E-state index is 5.90. The lowest BCUT2D eigenvalue weighted by molar-refractivity contribution is 0.0886. The van der Waals surface area contributed by atoms with Gasteiger partial charge in [0.05, 0.1) is 6.04 Å². The van der Waals surface area contributed by atoms with Crippen molar-refractivity contribution in [3.05, 3.63) is 40.8 Å². The molecule has 3 rings (SSSR count). The molecule has 1 aromatic heterocycles. The Kier molecular flexibility index (Phi) is 3.66. The van der Waals surface area contributed by atoms with Gasteiger partial charge in [-0.2, -0.15) is 0 Å². The van der Waals surface area contributed by atoms with Gasteiger partial charge in [-0.15, -0.1) is 11.3 Å². The van der Waals surface area contributed by atoms with Crippen molar-refractivity contribution in [1.29, 1.82) is 0 Å². The second-order valence-corrected chi connectivity index (χ2v) is 5.42. The summed E-state index contributed by atoms with van der Waals surface area (Å²) < 4.78 is 11.6. The van der Waals surface area contributed by atoms with Crippen LogP contribution in [-0.4, -0.2) is 24.2 Å². The van der Waals surface area contributed by atoms with Crippen molar-refractivity contribution in [2.24, 2.45) is 0 Å². The number of aromatic nitrogens is 1. The molecule has 5 heteroatoms. The van der Waals surface area contributed by atoms with Crippen LogP contribution in [0.25, 0.3) is 0 Å². The highest BCUT2D eigenvalue weighted by molar-refractivity contribution is 7.09. The molecular formula is C14H16N2O2S. The van der Waals surface area contributed by atoms with Crippen LogP contribution in [0.3, 0.4) is 0 Å². The molecule has 1 aliphatic heterocycles. The van der Waals surface area contributed by atoms with Crippen LogP contribution in [0, 0.1) is 0 Å². The molecule has 2 aromatic rings. The molecular weight excluding hydrogens is 260 g/mol. The number of para-hydroxylation sites is 2. The molecule has 0 aliphatic carbocycles. The summed E-state index contributed by atoms with van der Waals surface area (Å²) in [7, 11) is 0.